The monoisotopic (exact) mass is 518 g/mol. The van der Waals surface area contributed by atoms with Crippen LogP contribution in [0.25, 0.3) is 42.4 Å². The molecule has 1 heterocycles. The van der Waals surface area contributed by atoms with Crippen LogP contribution in [0.5, 0.6) is 0 Å². The maximum absolute atomic E-state index is 2.44. The van der Waals surface area contributed by atoms with Crippen LogP contribution in [0.15, 0.2) is 72.8 Å². The molecule has 0 amide bonds. The van der Waals surface area contributed by atoms with Gasteiger partial charge < -0.3 is 0 Å². The maximum atomic E-state index is 2.44. The van der Waals surface area contributed by atoms with E-state index in [1.54, 1.807) is 0 Å². The largest absolute Gasteiger partial charge is 0.135 e. The number of aryl methyl sites for hydroxylation is 1. The maximum Gasteiger partial charge on any atom is 0.0361 e. The Morgan fingerprint density at radius 3 is 1.63 bits per heavy atom. The van der Waals surface area contributed by atoms with Crippen LogP contribution in [0, 0.1) is 6.92 Å². The topological polar surface area (TPSA) is 0 Å². The van der Waals surface area contributed by atoms with E-state index in [-0.39, 0.29) is 16.2 Å². The van der Waals surface area contributed by atoms with Gasteiger partial charge in [-0.05, 0) is 74.2 Å². The van der Waals surface area contributed by atoms with Gasteiger partial charge in [0.05, 0.1) is 0 Å². The van der Waals surface area contributed by atoms with Crippen LogP contribution in [0.2, 0.25) is 0 Å². The molecule has 0 fully saturated rings. The summed E-state index contributed by atoms with van der Waals surface area (Å²) >= 11 is 1.93. The van der Waals surface area contributed by atoms with Crippen LogP contribution < -0.4 is 0 Å². The first-order valence-electron chi connectivity index (χ1n) is 13.9. The summed E-state index contributed by atoms with van der Waals surface area (Å²) in [6.07, 6.45) is 0. The standard InChI is InChI=1S/C37H42S/c1-23-14-16-24(17-15-23)29-18-19-31-33(34(29)37(8,9)10)32-28(12-11-13-30(32)38-31)25-20-26(35(2,3)4)22-27(21-25)36(5,6)7/h11-22H,1-10H3. The molecule has 5 aromatic rings. The summed E-state index contributed by atoms with van der Waals surface area (Å²) < 4.78 is 2.73. The lowest BCUT2D eigenvalue weighted by atomic mass is 9.77. The highest BCUT2D eigenvalue weighted by Gasteiger charge is 2.26. The predicted octanol–water partition coefficient (Wildman–Crippen LogP) is 11.6. The summed E-state index contributed by atoms with van der Waals surface area (Å²) in [4.78, 5) is 0. The van der Waals surface area contributed by atoms with Crippen molar-refractivity contribution in [2.45, 2.75) is 85.5 Å². The van der Waals surface area contributed by atoms with Gasteiger partial charge >= 0.3 is 0 Å². The minimum Gasteiger partial charge on any atom is -0.135 e. The van der Waals surface area contributed by atoms with Crippen LogP contribution in [0.4, 0.5) is 0 Å². The molecule has 5 rings (SSSR count). The zero-order chi connectivity index (χ0) is 27.6. The Hall–Kier alpha value is -2.90. The third-order valence-corrected chi connectivity index (χ3v) is 8.87. The molecule has 1 heteroatoms. The third kappa shape index (κ3) is 4.82. The second-order valence-electron chi connectivity index (χ2n) is 14.1. The molecule has 0 aliphatic heterocycles. The SMILES string of the molecule is Cc1ccc(-c2ccc3sc4cccc(-c5cc(C(C)(C)C)cc(C(C)(C)C)c5)c4c3c2C(C)(C)C)cc1. The molecular weight excluding hydrogens is 476 g/mol. The predicted molar refractivity (Wildman–Crippen MR) is 171 cm³/mol. The molecule has 0 saturated heterocycles. The smallest absolute Gasteiger partial charge is 0.0361 e. The summed E-state index contributed by atoms with van der Waals surface area (Å²) in [5.74, 6) is 0. The van der Waals surface area contributed by atoms with Crippen molar-refractivity contribution in [3.63, 3.8) is 0 Å². The fraction of sp³-hybridized carbons (Fsp3) is 0.351. The van der Waals surface area contributed by atoms with Gasteiger partial charge in [-0.2, -0.15) is 0 Å². The molecule has 0 N–H and O–H groups in total. The molecule has 0 saturated carbocycles. The number of thiophene rings is 1. The zero-order valence-electron chi connectivity index (χ0n) is 24.8. The summed E-state index contributed by atoms with van der Waals surface area (Å²) in [5.41, 5.74) is 11.0. The average Bonchev–Trinajstić information content (AvgIpc) is 3.20. The van der Waals surface area contributed by atoms with Gasteiger partial charge in [-0.3, -0.25) is 0 Å². The molecular formula is C37H42S. The van der Waals surface area contributed by atoms with E-state index in [4.69, 9.17) is 0 Å². The Morgan fingerprint density at radius 2 is 1.08 bits per heavy atom. The number of fused-ring (bicyclic) bond motifs is 3. The second-order valence-corrected chi connectivity index (χ2v) is 15.1. The van der Waals surface area contributed by atoms with Crippen molar-refractivity contribution in [2.75, 3.05) is 0 Å². The molecule has 0 bridgehead atoms. The van der Waals surface area contributed by atoms with E-state index in [0.717, 1.165) is 0 Å². The van der Waals surface area contributed by atoms with Gasteiger partial charge in [-0.1, -0.05) is 129 Å². The molecule has 0 atom stereocenters. The van der Waals surface area contributed by atoms with E-state index in [2.05, 4.69) is 142 Å². The number of hydrogen-bond acceptors (Lipinski definition) is 1. The summed E-state index contributed by atoms with van der Waals surface area (Å²) in [5, 5.41) is 2.82. The fourth-order valence-corrected chi connectivity index (χ4v) is 6.69. The van der Waals surface area contributed by atoms with Crippen molar-refractivity contribution >= 4 is 31.5 Å². The van der Waals surface area contributed by atoms with Crippen LogP contribution in [-0.4, -0.2) is 0 Å². The molecule has 0 unspecified atom stereocenters. The van der Waals surface area contributed by atoms with E-state index < -0.39 is 0 Å². The van der Waals surface area contributed by atoms with Crippen molar-refractivity contribution in [1.29, 1.82) is 0 Å². The molecule has 0 nitrogen and oxygen atoms in total. The van der Waals surface area contributed by atoms with Crippen LogP contribution in [0.1, 0.15) is 84.6 Å². The van der Waals surface area contributed by atoms with Crippen molar-refractivity contribution in [1.82, 2.24) is 0 Å². The first-order chi connectivity index (χ1) is 17.6. The van der Waals surface area contributed by atoms with Crippen molar-refractivity contribution < 1.29 is 0 Å². The first-order valence-corrected chi connectivity index (χ1v) is 14.7. The van der Waals surface area contributed by atoms with E-state index in [9.17, 15) is 0 Å². The number of benzene rings is 4. The van der Waals surface area contributed by atoms with E-state index >= 15 is 0 Å². The Labute approximate surface area is 233 Å². The second kappa shape index (κ2) is 9.09. The molecule has 0 aliphatic carbocycles. The quantitative estimate of drug-likeness (QED) is 0.218. The first kappa shape index (κ1) is 26.7. The van der Waals surface area contributed by atoms with Gasteiger partial charge in [0.15, 0.2) is 0 Å². The molecule has 1 aromatic heterocycles. The number of hydrogen-bond donors (Lipinski definition) is 0. The molecule has 196 valence electrons. The van der Waals surface area contributed by atoms with Crippen molar-refractivity contribution in [3.05, 3.63) is 95.1 Å². The molecule has 0 spiro atoms. The molecule has 0 radical (unpaired) electrons. The van der Waals surface area contributed by atoms with E-state index in [0.29, 0.717) is 0 Å². The van der Waals surface area contributed by atoms with Crippen LogP contribution >= 0.6 is 11.3 Å². The summed E-state index contributed by atoms with van der Waals surface area (Å²) in [7, 11) is 0. The highest BCUT2D eigenvalue weighted by molar-refractivity contribution is 7.26. The Balaban J connectivity index is 1.91. The lowest BCUT2D eigenvalue weighted by Gasteiger charge is -2.27. The fourth-order valence-electron chi connectivity index (χ4n) is 5.55. The van der Waals surface area contributed by atoms with Crippen LogP contribution in [-0.2, 0) is 16.2 Å². The van der Waals surface area contributed by atoms with Gasteiger partial charge in [0.1, 0.15) is 0 Å². The van der Waals surface area contributed by atoms with Crippen LogP contribution in [0.3, 0.4) is 0 Å². The van der Waals surface area contributed by atoms with Gasteiger partial charge in [-0.15, -0.1) is 11.3 Å². The van der Waals surface area contributed by atoms with E-state index in [1.807, 2.05) is 11.3 Å². The van der Waals surface area contributed by atoms with E-state index in [1.165, 1.54) is 64.7 Å². The normalized spacial score (nSPS) is 13.0. The zero-order valence-corrected chi connectivity index (χ0v) is 25.7. The molecule has 38 heavy (non-hydrogen) atoms. The molecule has 4 aromatic carbocycles. The summed E-state index contributed by atoms with van der Waals surface area (Å²) in [6.45, 7) is 23.2. The third-order valence-electron chi connectivity index (χ3n) is 7.75. The minimum atomic E-state index is -0.00925. The minimum absolute atomic E-state index is 0.00925. The van der Waals surface area contributed by atoms with Gasteiger partial charge in [0.25, 0.3) is 0 Å². The highest BCUT2D eigenvalue weighted by Crippen LogP contribution is 2.48. The Morgan fingerprint density at radius 1 is 0.500 bits per heavy atom. The Kier molecular flexibility index (Phi) is 6.39. The van der Waals surface area contributed by atoms with Crippen molar-refractivity contribution in [3.8, 4) is 22.3 Å². The lowest BCUT2D eigenvalue weighted by molar-refractivity contribution is 0.569. The lowest BCUT2D eigenvalue weighted by Crippen LogP contribution is -2.16. The van der Waals surface area contributed by atoms with Gasteiger partial charge in [-0.25, -0.2) is 0 Å². The average molecular weight is 519 g/mol. The summed E-state index contributed by atoms with van der Waals surface area (Å²) in [6, 6.07) is 27.9. The Bertz CT molecular complexity index is 1610. The highest BCUT2D eigenvalue weighted by atomic mass is 32.1. The number of rotatable bonds is 2. The van der Waals surface area contributed by atoms with Gasteiger partial charge in [0.2, 0.25) is 0 Å². The van der Waals surface area contributed by atoms with Crippen molar-refractivity contribution in [2.24, 2.45) is 0 Å². The molecule has 0 aliphatic rings. The van der Waals surface area contributed by atoms with Gasteiger partial charge in [0, 0.05) is 20.2 Å².